The molecule has 2 N–H and O–H groups in total. The van der Waals surface area contributed by atoms with Crippen molar-refractivity contribution < 1.29 is 18.4 Å². The summed E-state index contributed by atoms with van der Waals surface area (Å²) in [5, 5.41) is 5.63. The van der Waals surface area contributed by atoms with Crippen LogP contribution in [0.3, 0.4) is 0 Å². The number of amides is 2. The second kappa shape index (κ2) is 7.63. The van der Waals surface area contributed by atoms with Crippen LogP contribution in [0, 0.1) is 18.6 Å². The topological polar surface area (TPSA) is 71.1 Å². The predicted molar refractivity (Wildman–Crippen MR) is 101 cm³/mol. The smallest absolute Gasteiger partial charge is 0.257 e. The van der Waals surface area contributed by atoms with Gasteiger partial charge >= 0.3 is 0 Å². The Kier molecular flexibility index (Phi) is 5.27. The molecule has 0 unspecified atom stereocenters. The summed E-state index contributed by atoms with van der Waals surface area (Å²) in [5.41, 5.74) is 1.76. The summed E-state index contributed by atoms with van der Waals surface area (Å²) in [6.45, 7) is 3.16. The normalized spacial score (nSPS) is 10.5. The molecule has 1 heterocycles. The van der Waals surface area contributed by atoms with Crippen molar-refractivity contribution in [2.24, 2.45) is 0 Å². The van der Waals surface area contributed by atoms with Gasteiger partial charge in [-0.15, -0.1) is 11.3 Å². The highest BCUT2D eigenvalue weighted by molar-refractivity contribution is 7.16. The molecule has 0 spiro atoms. The second-order valence-electron chi connectivity index (χ2n) is 5.77. The molecule has 3 aromatic rings. The van der Waals surface area contributed by atoms with Gasteiger partial charge in [-0.3, -0.25) is 14.9 Å². The van der Waals surface area contributed by atoms with E-state index in [-0.39, 0.29) is 5.91 Å². The maximum atomic E-state index is 13.5. The summed E-state index contributed by atoms with van der Waals surface area (Å²) in [7, 11) is 0. The summed E-state index contributed by atoms with van der Waals surface area (Å²) in [6, 6.07) is 10.0. The number of nitrogens with one attached hydrogen (secondary N) is 2. The minimum Gasteiger partial charge on any atom is -0.326 e. The second-order valence-corrected chi connectivity index (χ2v) is 6.97. The highest BCUT2D eigenvalue weighted by Gasteiger charge is 2.15. The van der Waals surface area contributed by atoms with Crippen LogP contribution < -0.4 is 10.6 Å². The maximum absolute atomic E-state index is 13.5. The van der Waals surface area contributed by atoms with Crippen LogP contribution in [-0.4, -0.2) is 16.8 Å². The Balaban J connectivity index is 1.81. The van der Waals surface area contributed by atoms with Gasteiger partial charge in [0.2, 0.25) is 5.91 Å². The van der Waals surface area contributed by atoms with Crippen molar-refractivity contribution in [3.05, 3.63) is 64.5 Å². The summed E-state index contributed by atoms with van der Waals surface area (Å²) < 4.78 is 26.6. The lowest BCUT2D eigenvalue weighted by Gasteiger charge is -2.05. The Bertz CT molecular complexity index is 1030. The molecule has 8 heteroatoms. The first-order valence-corrected chi connectivity index (χ1v) is 8.77. The van der Waals surface area contributed by atoms with Crippen molar-refractivity contribution in [2.45, 2.75) is 13.8 Å². The molecule has 0 aliphatic rings. The van der Waals surface area contributed by atoms with Crippen LogP contribution in [0.2, 0.25) is 0 Å². The van der Waals surface area contributed by atoms with E-state index in [1.165, 1.54) is 24.3 Å². The summed E-state index contributed by atoms with van der Waals surface area (Å²) in [6.07, 6.45) is 0. The molecule has 0 fully saturated rings. The number of nitrogens with zero attached hydrogens (tertiary/aromatic N) is 1. The molecule has 0 saturated heterocycles. The number of aryl methyl sites for hydroxylation is 1. The Morgan fingerprint density at radius 3 is 2.52 bits per heavy atom. The number of halogens is 2. The van der Waals surface area contributed by atoms with Crippen molar-refractivity contribution in [3.8, 4) is 11.3 Å². The van der Waals surface area contributed by atoms with Crippen LogP contribution >= 0.6 is 11.3 Å². The highest BCUT2D eigenvalue weighted by atomic mass is 32.1. The maximum Gasteiger partial charge on any atom is 0.257 e. The van der Waals surface area contributed by atoms with E-state index in [1.807, 2.05) is 0 Å². The number of carbonyl (C=O) groups is 2. The Morgan fingerprint density at radius 1 is 1.04 bits per heavy atom. The van der Waals surface area contributed by atoms with Crippen LogP contribution in [0.1, 0.15) is 22.2 Å². The number of anilines is 2. The van der Waals surface area contributed by atoms with E-state index in [0.717, 1.165) is 17.0 Å². The van der Waals surface area contributed by atoms with Crippen LogP contribution in [-0.2, 0) is 4.79 Å². The molecule has 0 saturated carbocycles. The SMILES string of the molecule is CC(=O)Nc1cccc(C(=O)Nc2nc(-c3ccc(F)c(F)c3)c(C)s2)c1. The molecule has 138 valence electrons. The Hall–Kier alpha value is -3.13. The van der Waals surface area contributed by atoms with E-state index >= 15 is 0 Å². The fraction of sp³-hybridized carbons (Fsp3) is 0.105. The minimum atomic E-state index is -0.958. The van der Waals surface area contributed by atoms with Crippen molar-refractivity contribution >= 4 is 34.0 Å². The molecule has 0 aliphatic heterocycles. The highest BCUT2D eigenvalue weighted by Crippen LogP contribution is 2.31. The van der Waals surface area contributed by atoms with Gasteiger partial charge in [0.15, 0.2) is 16.8 Å². The van der Waals surface area contributed by atoms with Gasteiger partial charge in [0.05, 0.1) is 5.69 Å². The van der Waals surface area contributed by atoms with E-state index in [2.05, 4.69) is 15.6 Å². The summed E-state index contributed by atoms with van der Waals surface area (Å²) >= 11 is 1.23. The van der Waals surface area contributed by atoms with E-state index in [1.54, 1.807) is 31.2 Å². The largest absolute Gasteiger partial charge is 0.326 e. The zero-order valence-corrected chi connectivity index (χ0v) is 15.3. The lowest BCUT2D eigenvalue weighted by molar-refractivity contribution is -0.114. The van der Waals surface area contributed by atoms with Crippen LogP contribution in [0.15, 0.2) is 42.5 Å². The number of thiazole rings is 1. The molecule has 2 amide bonds. The molecule has 0 radical (unpaired) electrons. The van der Waals surface area contributed by atoms with Crippen LogP contribution in [0.4, 0.5) is 19.6 Å². The number of carbonyl (C=O) groups excluding carboxylic acids is 2. The van der Waals surface area contributed by atoms with Gasteiger partial charge in [-0.1, -0.05) is 6.07 Å². The number of aromatic nitrogens is 1. The Morgan fingerprint density at radius 2 is 1.81 bits per heavy atom. The standard InChI is InChI=1S/C19H15F2N3O2S/c1-10-17(12-6-7-15(20)16(21)9-12)23-19(27-10)24-18(26)13-4-3-5-14(8-13)22-11(2)25/h3-9H,1-2H3,(H,22,25)(H,23,24,26). The zero-order valence-electron chi connectivity index (χ0n) is 14.5. The molecule has 2 aromatic carbocycles. The van der Waals surface area contributed by atoms with Crippen molar-refractivity contribution in [2.75, 3.05) is 10.6 Å². The molecule has 5 nitrogen and oxygen atoms in total. The molecule has 3 rings (SSSR count). The third-order valence-electron chi connectivity index (χ3n) is 3.66. The average molecular weight is 387 g/mol. The monoisotopic (exact) mass is 387 g/mol. The molecule has 27 heavy (non-hydrogen) atoms. The number of hydrogen-bond donors (Lipinski definition) is 2. The molecule has 0 atom stereocenters. The lowest BCUT2D eigenvalue weighted by Crippen LogP contribution is -2.13. The van der Waals surface area contributed by atoms with Crippen molar-refractivity contribution in [1.29, 1.82) is 0 Å². The fourth-order valence-electron chi connectivity index (χ4n) is 2.47. The van der Waals surface area contributed by atoms with E-state index in [9.17, 15) is 18.4 Å². The lowest BCUT2D eigenvalue weighted by atomic mass is 10.1. The molecular weight excluding hydrogens is 372 g/mol. The molecule has 0 bridgehead atoms. The Labute approximate surface area is 158 Å². The van der Waals surface area contributed by atoms with Gasteiger partial charge in [0.1, 0.15) is 0 Å². The first-order chi connectivity index (χ1) is 12.8. The van der Waals surface area contributed by atoms with E-state index in [4.69, 9.17) is 0 Å². The van der Waals surface area contributed by atoms with Gasteiger partial charge in [-0.05, 0) is 43.3 Å². The van der Waals surface area contributed by atoms with Crippen LogP contribution in [0.25, 0.3) is 11.3 Å². The number of rotatable bonds is 4. The molecule has 0 aliphatic carbocycles. The van der Waals surface area contributed by atoms with Gasteiger partial charge in [-0.25, -0.2) is 13.8 Å². The van der Waals surface area contributed by atoms with Gasteiger partial charge < -0.3 is 5.32 Å². The predicted octanol–water partition coefficient (Wildman–Crippen LogP) is 4.61. The first kappa shape index (κ1) is 18.7. The average Bonchev–Trinajstić information content (AvgIpc) is 2.97. The van der Waals surface area contributed by atoms with Gasteiger partial charge in [0.25, 0.3) is 5.91 Å². The van der Waals surface area contributed by atoms with Crippen molar-refractivity contribution in [1.82, 2.24) is 4.98 Å². The molecule has 1 aromatic heterocycles. The van der Waals surface area contributed by atoms with E-state index in [0.29, 0.717) is 27.6 Å². The summed E-state index contributed by atoms with van der Waals surface area (Å²) in [4.78, 5) is 28.6. The number of hydrogen-bond acceptors (Lipinski definition) is 4. The number of benzene rings is 2. The first-order valence-electron chi connectivity index (χ1n) is 7.95. The summed E-state index contributed by atoms with van der Waals surface area (Å²) in [5.74, 6) is -2.52. The van der Waals surface area contributed by atoms with Crippen molar-refractivity contribution in [3.63, 3.8) is 0 Å². The van der Waals surface area contributed by atoms with Crippen LogP contribution in [0.5, 0.6) is 0 Å². The fourth-order valence-corrected chi connectivity index (χ4v) is 3.30. The quantitative estimate of drug-likeness (QED) is 0.687. The zero-order chi connectivity index (χ0) is 19.6. The van der Waals surface area contributed by atoms with Gasteiger partial charge in [0, 0.05) is 28.6 Å². The molecular formula is C19H15F2N3O2S. The third kappa shape index (κ3) is 4.35. The minimum absolute atomic E-state index is 0.237. The van der Waals surface area contributed by atoms with Gasteiger partial charge in [-0.2, -0.15) is 0 Å². The third-order valence-corrected chi connectivity index (χ3v) is 4.54. The van der Waals surface area contributed by atoms with E-state index < -0.39 is 17.5 Å².